The van der Waals surface area contributed by atoms with Crippen LogP contribution in [0.2, 0.25) is 0 Å². The van der Waals surface area contributed by atoms with Crippen molar-refractivity contribution in [3.05, 3.63) is 69.3 Å². The summed E-state index contributed by atoms with van der Waals surface area (Å²) in [6.07, 6.45) is 0. The second-order valence-corrected chi connectivity index (χ2v) is 4.48. The molecule has 0 fully saturated rings. The first-order valence-electron chi connectivity index (χ1n) is 6.34. The lowest BCUT2D eigenvalue weighted by Gasteiger charge is -2.08. The minimum atomic E-state index is -0.499. The van der Waals surface area contributed by atoms with Gasteiger partial charge in [-0.2, -0.15) is 5.26 Å². The van der Waals surface area contributed by atoms with Crippen LogP contribution >= 0.6 is 0 Å². The average Bonchev–Trinajstić information content (AvgIpc) is 2.53. The predicted octanol–water partition coefficient (Wildman–Crippen LogP) is 2.54. The number of nitrogens with zero attached hydrogens (tertiary/aromatic N) is 2. The summed E-state index contributed by atoms with van der Waals surface area (Å²) in [4.78, 5) is 10.5. The zero-order valence-corrected chi connectivity index (χ0v) is 11.2. The molecule has 0 radical (unpaired) electrons. The van der Waals surface area contributed by atoms with Crippen LogP contribution in [-0.2, 0) is 13.1 Å². The van der Waals surface area contributed by atoms with Crippen molar-refractivity contribution in [3.8, 4) is 6.07 Å². The summed E-state index contributed by atoms with van der Waals surface area (Å²) < 4.78 is 0. The number of nitrogens with two attached hydrogens (primary N) is 1. The lowest BCUT2D eigenvalue weighted by atomic mass is 10.1. The number of nitriles is 1. The van der Waals surface area contributed by atoms with Crippen molar-refractivity contribution >= 4 is 11.4 Å². The molecule has 2 aromatic rings. The number of hydrogen-bond donors (Lipinski definition) is 2. The topological polar surface area (TPSA) is 105 Å². The molecule has 0 saturated carbocycles. The van der Waals surface area contributed by atoms with E-state index in [1.807, 2.05) is 30.3 Å². The number of nitro benzene ring substituents is 1. The fourth-order valence-electron chi connectivity index (χ4n) is 1.89. The van der Waals surface area contributed by atoms with Crippen molar-refractivity contribution in [2.45, 2.75) is 13.1 Å². The third-order valence-electron chi connectivity index (χ3n) is 3.07. The van der Waals surface area contributed by atoms with Crippen molar-refractivity contribution in [1.82, 2.24) is 0 Å². The summed E-state index contributed by atoms with van der Waals surface area (Å²) in [6, 6.07) is 13.9. The van der Waals surface area contributed by atoms with E-state index in [0.717, 1.165) is 11.1 Å². The van der Waals surface area contributed by atoms with Gasteiger partial charge in [-0.05, 0) is 23.3 Å². The Morgan fingerprint density at radius 3 is 2.43 bits per heavy atom. The van der Waals surface area contributed by atoms with E-state index in [9.17, 15) is 10.1 Å². The molecule has 106 valence electrons. The predicted molar refractivity (Wildman–Crippen MR) is 79.5 cm³/mol. The molecule has 0 amide bonds. The summed E-state index contributed by atoms with van der Waals surface area (Å²) in [5.41, 5.74) is 8.10. The fraction of sp³-hybridized carbons (Fsp3) is 0.133. The smallest absolute Gasteiger partial charge is 0.293 e. The Morgan fingerprint density at radius 1 is 1.19 bits per heavy atom. The molecule has 6 heteroatoms. The molecule has 0 aliphatic rings. The van der Waals surface area contributed by atoms with Crippen molar-refractivity contribution in [1.29, 1.82) is 5.26 Å². The van der Waals surface area contributed by atoms with E-state index >= 15 is 0 Å². The van der Waals surface area contributed by atoms with E-state index in [1.54, 1.807) is 12.1 Å². The Hall–Kier alpha value is -2.91. The minimum Gasteiger partial charge on any atom is -0.375 e. The second kappa shape index (κ2) is 6.50. The highest BCUT2D eigenvalue weighted by atomic mass is 16.6. The first-order valence-corrected chi connectivity index (χ1v) is 6.34. The molecule has 6 nitrogen and oxygen atoms in total. The molecule has 0 unspecified atom stereocenters. The third-order valence-corrected chi connectivity index (χ3v) is 3.07. The summed E-state index contributed by atoms with van der Waals surface area (Å²) in [5.74, 6) is 0. The standard InChI is InChI=1S/C15H14N4O2/c16-8-11-1-3-12(4-2-11)10-18-14-6-5-13(9-17)7-15(14)19(20)21/h1-7,18H,8,10,16H2. The molecule has 21 heavy (non-hydrogen) atoms. The maximum Gasteiger partial charge on any atom is 0.293 e. The van der Waals surface area contributed by atoms with Crippen LogP contribution in [0.15, 0.2) is 42.5 Å². The lowest BCUT2D eigenvalue weighted by Crippen LogP contribution is -2.03. The van der Waals surface area contributed by atoms with Gasteiger partial charge in [0.2, 0.25) is 0 Å². The van der Waals surface area contributed by atoms with Crippen LogP contribution in [-0.4, -0.2) is 4.92 Å². The van der Waals surface area contributed by atoms with Gasteiger partial charge in [0.25, 0.3) is 5.69 Å². The molecule has 0 saturated heterocycles. The van der Waals surface area contributed by atoms with Gasteiger partial charge in [0.1, 0.15) is 5.69 Å². The summed E-state index contributed by atoms with van der Waals surface area (Å²) in [6.45, 7) is 0.937. The monoisotopic (exact) mass is 282 g/mol. The van der Waals surface area contributed by atoms with E-state index in [4.69, 9.17) is 11.0 Å². The molecular weight excluding hydrogens is 268 g/mol. The van der Waals surface area contributed by atoms with Gasteiger partial charge in [0.05, 0.1) is 16.6 Å². The maximum atomic E-state index is 11.0. The van der Waals surface area contributed by atoms with Crippen LogP contribution < -0.4 is 11.1 Å². The van der Waals surface area contributed by atoms with Crippen LogP contribution in [0, 0.1) is 21.4 Å². The maximum absolute atomic E-state index is 11.0. The van der Waals surface area contributed by atoms with Gasteiger partial charge in [-0.15, -0.1) is 0 Å². The van der Waals surface area contributed by atoms with Gasteiger partial charge >= 0.3 is 0 Å². The van der Waals surface area contributed by atoms with E-state index in [0.29, 0.717) is 18.8 Å². The molecule has 0 bridgehead atoms. The molecule has 0 spiro atoms. The number of benzene rings is 2. The van der Waals surface area contributed by atoms with E-state index < -0.39 is 4.92 Å². The number of nitrogens with one attached hydrogen (secondary N) is 1. The lowest BCUT2D eigenvalue weighted by molar-refractivity contribution is -0.384. The van der Waals surface area contributed by atoms with Gasteiger partial charge in [-0.1, -0.05) is 24.3 Å². The zero-order chi connectivity index (χ0) is 15.2. The van der Waals surface area contributed by atoms with Crippen molar-refractivity contribution < 1.29 is 4.92 Å². The number of anilines is 1. The Balaban J connectivity index is 2.15. The zero-order valence-electron chi connectivity index (χ0n) is 11.2. The Kier molecular flexibility index (Phi) is 4.49. The average molecular weight is 282 g/mol. The number of hydrogen-bond acceptors (Lipinski definition) is 5. The van der Waals surface area contributed by atoms with Crippen LogP contribution in [0.1, 0.15) is 16.7 Å². The third kappa shape index (κ3) is 3.55. The van der Waals surface area contributed by atoms with Crippen LogP contribution in [0.5, 0.6) is 0 Å². The molecule has 0 aliphatic carbocycles. The van der Waals surface area contributed by atoms with Crippen LogP contribution in [0.3, 0.4) is 0 Å². The Labute approximate surface area is 122 Å². The largest absolute Gasteiger partial charge is 0.375 e. The molecule has 0 aromatic heterocycles. The molecule has 0 aliphatic heterocycles. The van der Waals surface area contributed by atoms with Crippen LogP contribution in [0.4, 0.5) is 11.4 Å². The van der Waals surface area contributed by atoms with Crippen molar-refractivity contribution in [3.63, 3.8) is 0 Å². The first-order chi connectivity index (χ1) is 10.1. The highest BCUT2D eigenvalue weighted by Gasteiger charge is 2.14. The highest BCUT2D eigenvalue weighted by Crippen LogP contribution is 2.25. The Morgan fingerprint density at radius 2 is 1.86 bits per heavy atom. The van der Waals surface area contributed by atoms with Crippen molar-refractivity contribution in [2.24, 2.45) is 5.73 Å². The molecule has 0 atom stereocenters. The highest BCUT2D eigenvalue weighted by molar-refractivity contribution is 5.64. The second-order valence-electron chi connectivity index (χ2n) is 4.48. The molecule has 2 rings (SSSR count). The van der Waals surface area contributed by atoms with Gasteiger partial charge in [-0.25, -0.2) is 0 Å². The minimum absolute atomic E-state index is 0.104. The van der Waals surface area contributed by atoms with Gasteiger partial charge in [0, 0.05) is 19.2 Å². The quantitative estimate of drug-likeness (QED) is 0.647. The SMILES string of the molecule is N#Cc1ccc(NCc2ccc(CN)cc2)c([N+](=O)[O-])c1. The summed E-state index contributed by atoms with van der Waals surface area (Å²) >= 11 is 0. The summed E-state index contributed by atoms with van der Waals surface area (Å²) in [5, 5.41) is 22.8. The Bertz CT molecular complexity index is 690. The van der Waals surface area contributed by atoms with E-state index in [2.05, 4.69) is 5.32 Å². The molecule has 3 N–H and O–H groups in total. The van der Waals surface area contributed by atoms with Gasteiger partial charge in [-0.3, -0.25) is 10.1 Å². The normalized spacial score (nSPS) is 9.90. The van der Waals surface area contributed by atoms with Crippen LogP contribution in [0.25, 0.3) is 0 Å². The summed E-state index contributed by atoms with van der Waals surface area (Å²) in [7, 11) is 0. The van der Waals surface area contributed by atoms with Gasteiger partial charge in [0.15, 0.2) is 0 Å². The fourth-order valence-corrected chi connectivity index (χ4v) is 1.89. The van der Waals surface area contributed by atoms with E-state index in [-0.39, 0.29) is 11.3 Å². The van der Waals surface area contributed by atoms with Crippen molar-refractivity contribution in [2.75, 3.05) is 5.32 Å². The number of nitro groups is 1. The first kappa shape index (κ1) is 14.5. The molecular formula is C15H14N4O2. The molecule has 0 heterocycles. The number of rotatable bonds is 5. The molecule has 2 aromatic carbocycles. The van der Waals surface area contributed by atoms with E-state index in [1.165, 1.54) is 6.07 Å². The van der Waals surface area contributed by atoms with Gasteiger partial charge < -0.3 is 11.1 Å².